The van der Waals surface area contributed by atoms with Crippen LogP contribution in [0.25, 0.3) is 0 Å². The second-order valence-electron chi connectivity index (χ2n) is 7.01. The van der Waals surface area contributed by atoms with Crippen molar-refractivity contribution in [2.45, 2.75) is 25.8 Å². The molecule has 0 bridgehead atoms. The van der Waals surface area contributed by atoms with E-state index >= 15 is 0 Å². The summed E-state index contributed by atoms with van der Waals surface area (Å²) in [4.78, 5) is 52.8. The molecule has 0 aromatic heterocycles. The van der Waals surface area contributed by atoms with Crippen molar-refractivity contribution >= 4 is 23.8 Å². The number of nitrogens with zero attached hydrogens (tertiary/aromatic N) is 3. The second-order valence-corrected chi connectivity index (χ2v) is 7.01. The molecule has 1 aromatic carbocycles. The third kappa shape index (κ3) is 3.70. The minimum absolute atomic E-state index is 0.0141. The molecule has 1 atom stereocenters. The maximum atomic E-state index is 13.0. The van der Waals surface area contributed by atoms with E-state index in [4.69, 9.17) is 0 Å². The number of rotatable bonds is 5. The Morgan fingerprint density at radius 2 is 1.75 bits per heavy atom. The number of amides is 5. The Balaban J connectivity index is 1.63. The zero-order valence-electron chi connectivity index (χ0n) is 16.1. The number of nitrogens with one attached hydrogen (secondary N) is 2. The number of imide groups is 1. The molecule has 2 heterocycles. The monoisotopic (exact) mass is 387 g/mol. The van der Waals surface area contributed by atoms with Gasteiger partial charge in [0.2, 0.25) is 5.91 Å². The number of piperazine rings is 1. The Labute approximate surface area is 163 Å². The molecular weight excluding hydrogens is 362 g/mol. The highest BCUT2D eigenvalue weighted by Gasteiger charge is 2.52. The van der Waals surface area contributed by atoms with Crippen LogP contribution >= 0.6 is 0 Å². The molecule has 3 rings (SSSR count). The third-order valence-corrected chi connectivity index (χ3v) is 5.31. The van der Waals surface area contributed by atoms with Crippen molar-refractivity contribution in [2.75, 3.05) is 32.7 Å². The average molecular weight is 387 g/mol. The van der Waals surface area contributed by atoms with Gasteiger partial charge in [0.1, 0.15) is 5.54 Å². The lowest BCUT2D eigenvalue weighted by atomic mass is 9.87. The largest absolute Gasteiger partial charge is 0.344 e. The van der Waals surface area contributed by atoms with E-state index in [2.05, 4.69) is 10.7 Å². The zero-order chi connectivity index (χ0) is 20.3. The molecule has 1 aromatic rings. The molecule has 0 saturated carbocycles. The molecule has 2 saturated heterocycles. The summed E-state index contributed by atoms with van der Waals surface area (Å²) in [5.74, 6) is -0.930. The average Bonchev–Trinajstić information content (AvgIpc) is 2.94. The zero-order valence-corrected chi connectivity index (χ0v) is 16.1. The molecule has 5 amide bonds. The molecule has 150 valence electrons. The second kappa shape index (κ2) is 7.97. The number of urea groups is 1. The van der Waals surface area contributed by atoms with Crippen molar-refractivity contribution in [3.05, 3.63) is 35.9 Å². The summed E-state index contributed by atoms with van der Waals surface area (Å²) in [5.41, 5.74) is 1.92. The highest BCUT2D eigenvalue weighted by molar-refractivity contribution is 6.08. The molecule has 0 spiro atoms. The summed E-state index contributed by atoms with van der Waals surface area (Å²) in [6.45, 7) is 5.62. The molecule has 2 aliphatic rings. The van der Waals surface area contributed by atoms with Gasteiger partial charge in [-0.2, -0.15) is 5.01 Å². The summed E-state index contributed by atoms with van der Waals surface area (Å²) >= 11 is 0. The topological polar surface area (TPSA) is 102 Å². The van der Waals surface area contributed by atoms with Gasteiger partial charge in [0.25, 0.3) is 11.8 Å². The smallest absolute Gasteiger partial charge is 0.340 e. The number of hydrazine groups is 1. The molecule has 1 unspecified atom stereocenters. The van der Waals surface area contributed by atoms with Crippen molar-refractivity contribution in [3.63, 3.8) is 0 Å². The first-order chi connectivity index (χ1) is 13.4. The molecule has 0 radical (unpaired) electrons. The van der Waals surface area contributed by atoms with E-state index in [1.807, 2.05) is 17.9 Å². The first-order valence-corrected chi connectivity index (χ1v) is 9.37. The molecule has 9 nitrogen and oxygen atoms in total. The van der Waals surface area contributed by atoms with Crippen LogP contribution in [0, 0.1) is 0 Å². The number of hydrogen-bond acceptors (Lipinski definition) is 5. The lowest BCUT2D eigenvalue weighted by Crippen LogP contribution is -2.54. The normalized spacial score (nSPS) is 22.9. The van der Waals surface area contributed by atoms with E-state index < -0.39 is 23.4 Å². The molecule has 2 N–H and O–H groups in total. The maximum absolute atomic E-state index is 13.0. The van der Waals surface area contributed by atoms with Crippen molar-refractivity contribution in [2.24, 2.45) is 0 Å². The molecule has 2 fully saturated rings. The summed E-state index contributed by atoms with van der Waals surface area (Å²) < 4.78 is 0. The maximum Gasteiger partial charge on any atom is 0.344 e. The van der Waals surface area contributed by atoms with Crippen LogP contribution in [0.2, 0.25) is 0 Å². The van der Waals surface area contributed by atoms with E-state index in [0.29, 0.717) is 38.2 Å². The fraction of sp³-hybridized carbons (Fsp3) is 0.474. The van der Waals surface area contributed by atoms with Gasteiger partial charge in [0, 0.05) is 33.1 Å². The summed E-state index contributed by atoms with van der Waals surface area (Å²) in [5, 5.41) is 3.49. The van der Waals surface area contributed by atoms with Crippen LogP contribution in [-0.2, 0) is 19.9 Å². The highest BCUT2D eigenvalue weighted by Crippen LogP contribution is 2.31. The van der Waals surface area contributed by atoms with Gasteiger partial charge in [-0.1, -0.05) is 37.3 Å². The number of carbonyl (C=O) groups is 4. The van der Waals surface area contributed by atoms with Crippen LogP contribution < -0.4 is 10.7 Å². The standard InChI is InChI=1S/C19H25N5O4/c1-3-19(15-7-5-4-6-8-15)17(27)24(18(28)20-19)21-16(26)13-22-9-11-23(12-10-22)14(2)25/h4-8H,3,9-13H2,1-2H3,(H,20,28)(H,21,26). The van der Waals surface area contributed by atoms with Gasteiger partial charge in [0.05, 0.1) is 6.54 Å². The van der Waals surface area contributed by atoms with Gasteiger partial charge in [0.15, 0.2) is 0 Å². The van der Waals surface area contributed by atoms with Crippen LogP contribution in [0.3, 0.4) is 0 Å². The minimum atomic E-state index is -1.18. The quantitative estimate of drug-likeness (QED) is 0.695. The van der Waals surface area contributed by atoms with Crippen LogP contribution in [0.5, 0.6) is 0 Å². The van der Waals surface area contributed by atoms with Gasteiger partial charge in [-0.05, 0) is 12.0 Å². The lowest BCUT2D eigenvalue weighted by Gasteiger charge is -2.33. The van der Waals surface area contributed by atoms with E-state index in [0.717, 1.165) is 5.01 Å². The first kappa shape index (κ1) is 19.8. The van der Waals surface area contributed by atoms with Crippen LogP contribution in [0.15, 0.2) is 30.3 Å². The summed E-state index contributed by atoms with van der Waals surface area (Å²) in [6.07, 6.45) is 0.362. The lowest BCUT2D eigenvalue weighted by molar-refractivity contribution is -0.140. The Hall–Kier alpha value is -2.94. The third-order valence-electron chi connectivity index (χ3n) is 5.31. The minimum Gasteiger partial charge on any atom is -0.340 e. The van der Waals surface area contributed by atoms with Gasteiger partial charge in [-0.15, -0.1) is 0 Å². The predicted molar refractivity (Wildman–Crippen MR) is 101 cm³/mol. The highest BCUT2D eigenvalue weighted by atomic mass is 16.2. The van der Waals surface area contributed by atoms with E-state index in [-0.39, 0.29) is 12.5 Å². The predicted octanol–water partition coefficient (Wildman–Crippen LogP) is 0.0390. The van der Waals surface area contributed by atoms with Crippen molar-refractivity contribution < 1.29 is 19.2 Å². The van der Waals surface area contributed by atoms with Gasteiger partial charge < -0.3 is 10.2 Å². The summed E-state index contributed by atoms with van der Waals surface area (Å²) in [6, 6.07) is 8.34. The van der Waals surface area contributed by atoms with E-state index in [9.17, 15) is 19.2 Å². The van der Waals surface area contributed by atoms with Crippen molar-refractivity contribution in [1.29, 1.82) is 0 Å². The van der Waals surface area contributed by atoms with Crippen LogP contribution in [0.4, 0.5) is 4.79 Å². The number of benzene rings is 1. The van der Waals surface area contributed by atoms with E-state index in [1.54, 1.807) is 29.2 Å². The Morgan fingerprint density at radius 3 is 2.32 bits per heavy atom. The van der Waals surface area contributed by atoms with Crippen LogP contribution in [0.1, 0.15) is 25.8 Å². The Kier molecular flexibility index (Phi) is 5.64. The Morgan fingerprint density at radius 1 is 1.11 bits per heavy atom. The molecule has 9 heteroatoms. The molecule has 0 aliphatic carbocycles. The number of hydrogen-bond donors (Lipinski definition) is 2. The Bertz CT molecular complexity index is 776. The van der Waals surface area contributed by atoms with Crippen molar-refractivity contribution in [3.8, 4) is 0 Å². The molecule has 2 aliphatic heterocycles. The first-order valence-electron chi connectivity index (χ1n) is 9.37. The molecule has 28 heavy (non-hydrogen) atoms. The van der Waals surface area contributed by atoms with Crippen molar-refractivity contribution in [1.82, 2.24) is 25.6 Å². The van der Waals surface area contributed by atoms with E-state index in [1.165, 1.54) is 6.92 Å². The SMILES string of the molecule is CCC1(c2ccccc2)NC(=O)N(NC(=O)CN2CCN(C(C)=O)CC2)C1=O. The van der Waals surface area contributed by atoms with Gasteiger partial charge >= 0.3 is 6.03 Å². The van der Waals surface area contributed by atoms with Gasteiger partial charge in [-0.3, -0.25) is 24.7 Å². The summed E-state index contributed by atoms with van der Waals surface area (Å²) in [7, 11) is 0. The van der Waals surface area contributed by atoms with Crippen LogP contribution in [-0.4, -0.2) is 71.3 Å². The fourth-order valence-electron chi connectivity index (χ4n) is 3.62. The molecular formula is C19H25N5O4. The number of carbonyl (C=O) groups excluding carboxylic acids is 4. The fourth-order valence-corrected chi connectivity index (χ4v) is 3.62. The van der Waals surface area contributed by atoms with Gasteiger partial charge in [-0.25, -0.2) is 4.79 Å².